The fraction of sp³-hybridized carbons (Fsp3) is 0.815. The van der Waals surface area contributed by atoms with E-state index >= 15 is 0 Å². The Bertz CT molecular complexity index is 985. The Morgan fingerprint density at radius 3 is 2.26 bits per heavy atom. The van der Waals surface area contributed by atoms with Gasteiger partial charge in [0.05, 0.1) is 29.6 Å². The van der Waals surface area contributed by atoms with Crippen molar-refractivity contribution in [3.05, 3.63) is 12.7 Å². The Morgan fingerprint density at radius 1 is 1.21 bits per heavy atom. The molecule has 0 aromatic heterocycles. The number of rotatable bonds is 5. The van der Waals surface area contributed by atoms with Crippen molar-refractivity contribution in [2.75, 3.05) is 6.54 Å². The summed E-state index contributed by atoms with van der Waals surface area (Å²) in [6.07, 6.45) is -2.01. The minimum absolute atomic E-state index is 0. The van der Waals surface area contributed by atoms with Gasteiger partial charge in [-0.1, -0.05) is 26.8 Å². The molecule has 1 saturated heterocycles. The van der Waals surface area contributed by atoms with Crippen LogP contribution in [0.15, 0.2) is 12.7 Å². The smallest absolute Gasteiger partial charge is 0.404 e. The highest BCUT2D eigenvalue weighted by molar-refractivity contribution is 5.86. The van der Waals surface area contributed by atoms with Crippen LogP contribution in [0, 0.1) is 22.7 Å². The van der Waals surface area contributed by atoms with E-state index in [1.54, 1.807) is 20.8 Å². The van der Waals surface area contributed by atoms with Crippen molar-refractivity contribution in [2.45, 2.75) is 109 Å². The Hall–Kier alpha value is -1.76. The van der Waals surface area contributed by atoms with E-state index in [1.807, 2.05) is 34.6 Å². The molecule has 39 heavy (non-hydrogen) atoms. The summed E-state index contributed by atoms with van der Waals surface area (Å²) >= 11 is 0. The number of halogens is 1. The molecule has 0 unspecified atom stereocenters. The monoisotopic (exact) mass is 578 g/mol. The second kappa shape index (κ2) is 10.9. The van der Waals surface area contributed by atoms with E-state index in [9.17, 15) is 24.6 Å². The van der Waals surface area contributed by atoms with Crippen LogP contribution in [0.3, 0.4) is 0 Å². The third-order valence-electron chi connectivity index (χ3n) is 8.85. The highest BCUT2D eigenvalue weighted by Gasteiger charge is 2.78. The number of hydrogen-bond donors (Lipinski definition) is 4. The maximum atomic E-state index is 14.0. The number of nitrogens with two attached hydrogens (primary N) is 1. The minimum atomic E-state index is -2.12. The highest BCUT2D eigenvalue weighted by atomic mass is 35.5. The molecule has 2 saturated carbocycles. The van der Waals surface area contributed by atoms with Crippen molar-refractivity contribution in [3.8, 4) is 0 Å². The zero-order valence-corrected chi connectivity index (χ0v) is 25.1. The molecule has 0 aromatic carbocycles. The van der Waals surface area contributed by atoms with Crippen LogP contribution in [-0.2, 0) is 23.8 Å². The average molecular weight is 579 g/mol. The third-order valence-corrected chi connectivity index (χ3v) is 8.85. The zero-order chi connectivity index (χ0) is 28.4. The Morgan fingerprint density at radius 2 is 1.77 bits per heavy atom. The number of carbonyl (C=O) groups is 3. The van der Waals surface area contributed by atoms with E-state index in [4.69, 9.17) is 19.9 Å². The van der Waals surface area contributed by atoms with E-state index < -0.39 is 63.9 Å². The van der Waals surface area contributed by atoms with Crippen LogP contribution in [-0.4, -0.2) is 74.8 Å². The van der Waals surface area contributed by atoms with Crippen molar-refractivity contribution < 1.29 is 44.3 Å². The van der Waals surface area contributed by atoms with Crippen LogP contribution < -0.4 is 11.1 Å². The van der Waals surface area contributed by atoms with Crippen LogP contribution in [0.25, 0.3) is 0 Å². The largest absolute Gasteiger partial charge is 0.441 e. The summed E-state index contributed by atoms with van der Waals surface area (Å²) in [6.45, 7) is 18.0. The molecule has 3 rings (SSSR count). The topological polar surface area (TPSA) is 189 Å². The van der Waals surface area contributed by atoms with Gasteiger partial charge in [0.25, 0.3) is 0 Å². The Balaban J connectivity index is 0.00000380. The highest BCUT2D eigenvalue weighted by Crippen LogP contribution is 2.68. The van der Waals surface area contributed by atoms with Gasteiger partial charge in [0, 0.05) is 24.3 Å². The van der Waals surface area contributed by atoms with Gasteiger partial charge in [0.2, 0.25) is 5.79 Å². The van der Waals surface area contributed by atoms with Crippen LogP contribution in [0.2, 0.25) is 0 Å². The van der Waals surface area contributed by atoms with Crippen molar-refractivity contribution in [1.29, 1.82) is 0 Å². The number of ether oxygens (including phenoxy) is 3. The molecule has 0 aromatic rings. The number of aliphatic hydroxyl groups is 2. The lowest BCUT2D eigenvalue weighted by Gasteiger charge is -2.69. The summed E-state index contributed by atoms with van der Waals surface area (Å²) < 4.78 is 17.7. The quantitative estimate of drug-likeness (QED) is 0.214. The minimum Gasteiger partial charge on any atom is -0.441 e. The molecule has 1 amide bonds. The van der Waals surface area contributed by atoms with Gasteiger partial charge in [-0.2, -0.15) is 0 Å². The summed E-state index contributed by atoms with van der Waals surface area (Å²) in [6, 6.07) is 0. The lowest BCUT2D eigenvalue weighted by Crippen LogP contribution is -2.80. The number of hydrogen-bond acceptors (Lipinski definition) is 9. The molecule has 3 fully saturated rings. The number of aliphatic hydroxyl groups excluding tert-OH is 1. The molecule has 11 nitrogen and oxygen atoms in total. The number of carbonyl (C=O) groups excluding carboxylic acids is 3. The van der Waals surface area contributed by atoms with E-state index in [0.717, 1.165) is 0 Å². The van der Waals surface area contributed by atoms with Crippen molar-refractivity contribution >= 4 is 30.3 Å². The number of Topliss-reactive ketones (excluding diaryl/α,β-unsaturated/α-hetero) is 1. The second-order valence-electron chi connectivity index (χ2n) is 13.3. The fourth-order valence-corrected chi connectivity index (χ4v) is 7.37. The first kappa shape index (κ1) is 35.3. The van der Waals surface area contributed by atoms with Crippen molar-refractivity contribution in [3.63, 3.8) is 0 Å². The molecule has 2 aliphatic carbocycles. The van der Waals surface area contributed by atoms with Gasteiger partial charge in [-0.3, -0.25) is 9.59 Å². The molecule has 0 radical (unpaired) electrons. The molecule has 7 N–H and O–H groups in total. The summed E-state index contributed by atoms with van der Waals surface area (Å²) in [7, 11) is 0. The molecule has 3 aliphatic rings. The summed E-state index contributed by atoms with van der Waals surface area (Å²) in [4.78, 5) is 39.0. The van der Waals surface area contributed by atoms with E-state index in [1.165, 1.54) is 6.08 Å². The predicted molar refractivity (Wildman–Crippen MR) is 146 cm³/mol. The first-order chi connectivity index (χ1) is 16.7. The normalized spacial score (nSPS) is 41.0. The third kappa shape index (κ3) is 5.85. The first-order valence-electron chi connectivity index (χ1n) is 12.9. The number of primary amides is 1. The predicted octanol–water partition coefficient (Wildman–Crippen LogP) is 1.79. The molecule has 0 bridgehead atoms. The first-order valence-corrected chi connectivity index (χ1v) is 12.9. The van der Waals surface area contributed by atoms with Crippen molar-refractivity contribution in [2.24, 2.45) is 28.4 Å². The number of esters is 1. The van der Waals surface area contributed by atoms with Gasteiger partial charge >= 0.3 is 12.1 Å². The van der Waals surface area contributed by atoms with Crippen LogP contribution in [0.5, 0.6) is 0 Å². The Labute approximate surface area is 236 Å². The molecule has 1 heterocycles. The molecule has 0 spiro atoms. The van der Waals surface area contributed by atoms with Crippen LogP contribution in [0.4, 0.5) is 4.79 Å². The van der Waals surface area contributed by atoms with Gasteiger partial charge in [-0.15, -0.1) is 19.0 Å². The van der Waals surface area contributed by atoms with Crippen molar-refractivity contribution in [1.82, 2.24) is 5.32 Å². The zero-order valence-electron chi connectivity index (χ0n) is 24.3. The maximum Gasteiger partial charge on any atom is 0.404 e. The second-order valence-corrected chi connectivity index (χ2v) is 13.3. The Kier molecular flexibility index (Phi) is 9.86. The standard InChI is InChI=1S/C27H44N2O8.ClH.H2O/c1-10-24(7)13-15(30)18-25(8)19(17(32)20(35-21(28)33)26(18,9)37-24)23(5,6)11-12-27(25,34)36-16(31)14-29-22(2,3)4;;/h10,17-20,29,32,34H,1,11-14H2,2-9H3,(H2,28,33);1H;1H2/t17-,18+,19-,20-,24-,25+,26-,27-;;/m0../s1. The molecule has 1 aliphatic heterocycles. The lowest BCUT2D eigenvalue weighted by molar-refractivity contribution is -0.378. The summed E-state index contributed by atoms with van der Waals surface area (Å²) in [5.74, 6) is -5.03. The average Bonchev–Trinajstić information content (AvgIpc) is 2.71. The molecule has 12 heteroatoms. The van der Waals surface area contributed by atoms with E-state index in [0.29, 0.717) is 6.42 Å². The fourth-order valence-electron chi connectivity index (χ4n) is 7.37. The van der Waals surface area contributed by atoms with Gasteiger partial charge in [0.1, 0.15) is 11.4 Å². The number of fused-ring (bicyclic) bond motifs is 3. The lowest BCUT2D eigenvalue weighted by atomic mass is 9.40. The van der Waals surface area contributed by atoms with E-state index in [-0.39, 0.29) is 48.6 Å². The maximum absolute atomic E-state index is 14.0. The molecular weight excluding hydrogens is 532 g/mol. The summed E-state index contributed by atoms with van der Waals surface area (Å²) in [5, 5.41) is 27.0. The molecule has 8 atom stereocenters. The molecule has 226 valence electrons. The van der Waals surface area contributed by atoms with Crippen LogP contribution >= 0.6 is 12.4 Å². The van der Waals surface area contributed by atoms with Gasteiger partial charge in [-0.05, 0) is 46.5 Å². The van der Waals surface area contributed by atoms with Gasteiger partial charge < -0.3 is 41.0 Å². The van der Waals surface area contributed by atoms with Crippen LogP contribution in [0.1, 0.15) is 74.7 Å². The summed E-state index contributed by atoms with van der Waals surface area (Å²) in [5.41, 5.74) is 0.142. The number of nitrogens with one attached hydrogen (secondary N) is 1. The van der Waals surface area contributed by atoms with Gasteiger partial charge in [-0.25, -0.2) is 4.79 Å². The number of ketones is 1. The molecular formula is C27H47ClN2O9. The number of amides is 1. The van der Waals surface area contributed by atoms with Gasteiger partial charge in [0.15, 0.2) is 6.10 Å². The van der Waals surface area contributed by atoms with E-state index in [2.05, 4.69) is 11.9 Å². The SMILES string of the molecule is C=C[C@@]1(C)CC(=O)[C@H]2[C@](C)(O1)[C@@H](OC(N)=O)[C@@H](O)[C@H]1C(C)(C)CC[C@](O)(OC(=O)CNC(C)(C)C)[C@@]12C.Cl.O.